The quantitative estimate of drug-likeness (QED) is 0.587. The first-order chi connectivity index (χ1) is 7.28. The van der Waals surface area contributed by atoms with Gasteiger partial charge in [-0.15, -0.1) is 0 Å². The van der Waals surface area contributed by atoms with Gasteiger partial charge in [0.25, 0.3) is 0 Å². The van der Waals surface area contributed by atoms with Crippen molar-refractivity contribution in [3.8, 4) is 0 Å². The van der Waals surface area contributed by atoms with Crippen molar-refractivity contribution < 1.29 is 19.1 Å². The fraction of sp³-hybridized carbons (Fsp3) is 0.818. The molecule has 1 saturated carbocycles. The van der Waals surface area contributed by atoms with Crippen LogP contribution in [-0.2, 0) is 14.3 Å². The first-order valence-corrected chi connectivity index (χ1v) is 5.47. The summed E-state index contributed by atoms with van der Waals surface area (Å²) in [4.78, 5) is 22.4. The van der Waals surface area contributed by atoms with Crippen LogP contribution in [0, 0.1) is 5.92 Å². The van der Waals surface area contributed by atoms with E-state index in [2.05, 4.69) is 4.74 Å². The Balaban J connectivity index is 2.25. The van der Waals surface area contributed by atoms with Crippen molar-refractivity contribution >= 4 is 12.1 Å². The summed E-state index contributed by atoms with van der Waals surface area (Å²) in [7, 11) is 0. The van der Waals surface area contributed by atoms with Gasteiger partial charge in [-0.2, -0.15) is 0 Å². The Hall–Kier alpha value is -1.10. The Morgan fingerprint density at radius 2 is 1.94 bits per heavy atom. The average Bonchev–Trinajstić information content (AvgIpc) is 2.79. The minimum atomic E-state index is -0.958. The number of carbonyl (C=O) groups is 2. The standard InChI is InChI=1S/C11H19NO4/c1-11(2,3)16-10(14)15-9(13)6-8(12)7-4-5-7/h7-8H,4-6,12H2,1-3H3/t8-/m0/s1. The molecule has 1 fully saturated rings. The van der Waals surface area contributed by atoms with Crippen LogP contribution in [0.2, 0.25) is 0 Å². The van der Waals surface area contributed by atoms with E-state index < -0.39 is 17.7 Å². The van der Waals surface area contributed by atoms with Crippen molar-refractivity contribution in [2.75, 3.05) is 0 Å². The van der Waals surface area contributed by atoms with Crippen molar-refractivity contribution in [3.63, 3.8) is 0 Å². The molecule has 1 aliphatic carbocycles. The molecular formula is C11H19NO4. The molecule has 1 atom stereocenters. The third-order valence-electron chi connectivity index (χ3n) is 2.22. The largest absolute Gasteiger partial charge is 0.516 e. The topological polar surface area (TPSA) is 78.6 Å². The van der Waals surface area contributed by atoms with Crippen LogP contribution in [0.3, 0.4) is 0 Å². The van der Waals surface area contributed by atoms with E-state index >= 15 is 0 Å². The molecule has 0 aromatic carbocycles. The van der Waals surface area contributed by atoms with Crippen molar-refractivity contribution in [1.29, 1.82) is 0 Å². The molecule has 1 rings (SSSR count). The summed E-state index contributed by atoms with van der Waals surface area (Å²) in [5.41, 5.74) is 5.07. The molecule has 0 spiro atoms. The number of rotatable bonds is 3. The fourth-order valence-corrected chi connectivity index (χ4v) is 1.29. The van der Waals surface area contributed by atoms with Crippen LogP contribution in [0.15, 0.2) is 0 Å². The third kappa shape index (κ3) is 5.11. The van der Waals surface area contributed by atoms with Crippen molar-refractivity contribution in [3.05, 3.63) is 0 Å². The highest BCUT2D eigenvalue weighted by Gasteiger charge is 2.31. The lowest BCUT2D eigenvalue weighted by Crippen LogP contribution is -2.30. The number of hydrogen-bond acceptors (Lipinski definition) is 5. The minimum Gasteiger partial charge on any atom is -0.428 e. The zero-order chi connectivity index (χ0) is 12.3. The second-order valence-corrected chi connectivity index (χ2v) is 5.14. The Kier molecular flexibility index (Phi) is 3.91. The molecule has 0 heterocycles. The summed E-state index contributed by atoms with van der Waals surface area (Å²) < 4.78 is 9.34. The van der Waals surface area contributed by atoms with Crippen LogP contribution in [0.5, 0.6) is 0 Å². The van der Waals surface area contributed by atoms with E-state index in [1.165, 1.54) is 0 Å². The van der Waals surface area contributed by atoms with Crippen LogP contribution in [0.1, 0.15) is 40.0 Å². The van der Waals surface area contributed by atoms with Gasteiger partial charge in [0.1, 0.15) is 5.60 Å². The van der Waals surface area contributed by atoms with E-state index in [1.54, 1.807) is 20.8 Å². The highest BCUT2D eigenvalue weighted by Crippen LogP contribution is 2.32. The minimum absolute atomic E-state index is 0.0733. The molecule has 1 aliphatic rings. The van der Waals surface area contributed by atoms with E-state index in [1.807, 2.05) is 0 Å². The van der Waals surface area contributed by atoms with E-state index in [9.17, 15) is 9.59 Å². The molecule has 16 heavy (non-hydrogen) atoms. The molecule has 5 heteroatoms. The van der Waals surface area contributed by atoms with Gasteiger partial charge in [0.05, 0.1) is 6.42 Å². The Morgan fingerprint density at radius 1 is 1.38 bits per heavy atom. The van der Waals surface area contributed by atoms with E-state index in [4.69, 9.17) is 10.5 Å². The number of ether oxygens (including phenoxy) is 2. The van der Waals surface area contributed by atoms with Gasteiger partial charge < -0.3 is 15.2 Å². The van der Waals surface area contributed by atoms with Gasteiger partial charge in [0, 0.05) is 6.04 Å². The maximum atomic E-state index is 11.3. The number of nitrogens with two attached hydrogens (primary N) is 1. The average molecular weight is 229 g/mol. The van der Waals surface area contributed by atoms with Gasteiger partial charge in [-0.1, -0.05) is 0 Å². The van der Waals surface area contributed by atoms with Crippen LogP contribution < -0.4 is 5.73 Å². The van der Waals surface area contributed by atoms with E-state index in [0.717, 1.165) is 12.8 Å². The monoisotopic (exact) mass is 229 g/mol. The summed E-state index contributed by atoms with van der Waals surface area (Å²) in [6.45, 7) is 5.11. The maximum Gasteiger partial charge on any atom is 0.516 e. The van der Waals surface area contributed by atoms with Crippen LogP contribution in [-0.4, -0.2) is 23.8 Å². The van der Waals surface area contributed by atoms with Crippen molar-refractivity contribution in [2.45, 2.75) is 51.7 Å². The van der Waals surface area contributed by atoms with Crippen molar-refractivity contribution in [2.24, 2.45) is 11.7 Å². The molecule has 2 N–H and O–H groups in total. The fourth-order valence-electron chi connectivity index (χ4n) is 1.29. The Morgan fingerprint density at radius 3 is 2.38 bits per heavy atom. The molecule has 0 amide bonds. The molecule has 0 unspecified atom stereocenters. The summed E-state index contributed by atoms with van der Waals surface area (Å²) in [5, 5.41) is 0. The van der Waals surface area contributed by atoms with E-state index in [-0.39, 0.29) is 12.5 Å². The molecule has 0 aliphatic heterocycles. The zero-order valence-electron chi connectivity index (χ0n) is 9.99. The lowest BCUT2D eigenvalue weighted by Gasteiger charge is -2.18. The predicted molar refractivity (Wildman–Crippen MR) is 57.6 cm³/mol. The zero-order valence-corrected chi connectivity index (χ0v) is 9.99. The lowest BCUT2D eigenvalue weighted by atomic mass is 10.1. The van der Waals surface area contributed by atoms with Crippen LogP contribution >= 0.6 is 0 Å². The molecule has 0 aromatic heterocycles. The highest BCUT2D eigenvalue weighted by molar-refractivity contribution is 5.82. The molecule has 0 aromatic rings. The molecular weight excluding hydrogens is 210 g/mol. The van der Waals surface area contributed by atoms with Crippen LogP contribution in [0.4, 0.5) is 4.79 Å². The molecule has 92 valence electrons. The summed E-state index contributed by atoms with van der Waals surface area (Å²) >= 11 is 0. The molecule has 0 bridgehead atoms. The SMILES string of the molecule is CC(C)(C)OC(=O)OC(=O)C[C@H](N)C1CC1. The smallest absolute Gasteiger partial charge is 0.428 e. The second kappa shape index (κ2) is 4.82. The maximum absolute atomic E-state index is 11.3. The first-order valence-electron chi connectivity index (χ1n) is 5.47. The van der Waals surface area contributed by atoms with Crippen LogP contribution in [0.25, 0.3) is 0 Å². The lowest BCUT2D eigenvalue weighted by molar-refractivity contribution is -0.141. The Labute approximate surface area is 95.3 Å². The molecule has 5 nitrogen and oxygen atoms in total. The van der Waals surface area contributed by atoms with Gasteiger partial charge in [-0.05, 0) is 39.5 Å². The number of carbonyl (C=O) groups excluding carboxylic acids is 2. The van der Waals surface area contributed by atoms with Gasteiger partial charge >= 0.3 is 12.1 Å². The normalized spacial score (nSPS) is 17.8. The van der Waals surface area contributed by atoms with Crippen molar-refractivity contribution in [1.82, 2.24) is 0 Å². The summed E-state index contributed by atoms with van der Waals surface area (Å²) in [5.74, 6) is -0.208. The molecule has 0 saturated heterocycles. The van der Waals surface area contributed by atoms with E-state index in [0.29, 0.717) is 5.92 Å². The Bertz CT molecular complexity index is 278. The second-order valence-electron chi connectivity index (χ2n) is 5.14. The summed E-state index contributed by atoms with van der Waals surface area (Å²) in [6.07, 6.45) is 1.23. The van der Waals surface area contributed by atoms with Gasteiger partial charge in [-0.25, -0.2) is 4.79 Å². The first kappa shape index (κ1) is 13.0. The number of esters is 1. The van der Waals surface area contributed by atoms with Gasteiger partial charge in [-0.3, -0.25) is 4.79 Å². The predicted octanol–water partition coefficient (Wildman–Crippen LogP) is 1.59. The number of hydrogen-bond donors (Lipinski definition) is 1. The van der Waals surface area contributed by atoms with Gasteiger partial charge in [0.2, 0.25) is 0 Å². The summed E-state index contributed by atoms with van der Waals surface area (Å²) in [6, 6.07) is -0.199. The van der Waals surface area contributed by atoms with Gasteiger partial charge in [0.15, 0.2) is 0 Å². The third-order valence-corrected chi connectivity index (χ3v) is 2.22. The highest BCUT2D eigenvalue weighted by atomic mass is 16.7. The molecule has 0 radical (unpaired) electrons.